The summed E-state index contributed by atoms with van der Waals surface area (Å²) in [5, 5.41) is 2.86. The molecule has 1 unspecified atom stereocenters. The van der Waals surface area contributed by atoms with Gasteiger partial charge in [-0.15, -0.1) is 0 Å². The Bertz CT molecular complexity index is 403. The summed E-state index contributed by atoms with van der Waals surface area (Å²) in [5.41, 5.74) is 0. The second-order valence-electron chi connectivity index (χ2n) is 5.08. The van der Waals surface area contributed by atoms with Gasteiger partial charge < -0.3 is 14.8 Å². The molecule has 0 saturated carbocycles. The molecule has 0 aliphatic carbocycles. The Balaban J connectivity index is 2.38. The van der Waals surface area contributed by atoms with Gasteiger partial charge in [0.05, 0.1) is 6.61 Å². The summed E-state index contributed by atoms with van der Waals surface area (Å²) < 4.78 is 11.2. The van der Waals surface area contributed by atoms with Gasteiger partial charge in [0, 0.05) is 6.54 Å². The van der Waals surface area contributed by atoms with E-state index in [0.717, 1.165) is 38.0 Å². The molecule has 0 heterocycles. The van der Waals surface area contributed by atoms with Gasteiger partial charge in [0.15, 0.2) is 6.10 Å². The van der Waals surface area contributed by atoms with Crippen LogP contribution in [0.5, 0.6) is 11.5 Å². The molecule has 0 aliphatic rings. The van der Waals surface area contributed by atoms with Crippen molar-refractivity contribution < 1.29 is 14.3 Å². The fourth-order valence-electron chi connectivity index (χ4n) is 1.74. The summed E-state index contributed by atoms with van der Waals surface area (Å²) in [4.78, 5) is 11.8. The average molecular weight is 293 g/mol. The van der Waals surface area contributed by atoms with Crippen LogP contribution in [0, 0.1) is 0 Å². The highest BCUT2D eigenvalue weighted by molar-refractivity contribution is 5.80. The quantitative estimate of drug-likeness (QED) is 0.671. The van der Waals surface area contributed by atoms with Crippen LogP contribution in [0.1, 0.15) is 46.5 Å². The van der Waals surface area contributed by atoms with Crippen molar-refractivity contribution in [1.82, 2.24) is 5.32 Å². The van der Waals surface area contributed by atoms with Crippen molar-refractivity contribution in [2.24, 2.45) is 0 Å². The third kappa shape index (κ3) is 7.02. The van der Waals surface area contributed by atoms with Gasteiger partial charge in [-0.05, 0) is 44.0 Å². The zero-order valence-corrected chi connectivity index (χ0v) is 13.4. The fourth-order valence-corrected chi connectivity index (χ4v) is 1.74. The smallest absolute Gasteiger partial charge is 0.260 e. The summed E-state index contributed by atoms with van der Waals surface area (Å²) in [7, 11) is 0. The number of carbonyl (C=O) groups excluding carboxylic acids is 1. The van der Waals surface area contributed by atoms with Crippen molar-refractivity contribution in [3.63, 3.8) is 0 Å². The monoisotopic (exact) mass is 293 g/mol. The molecular formula is C17H27NO3. The Kier molecular flexibility index (Phi) is 8.32. The average Bonchev–Trinajstić information content (AvgIpc) is 2.49. The number of nitrogens with one attached hydrogen (secondary N) is 1. The first-order valence-corrected chi connectivity index (χ1v) is 7.84. The maximum absolute atomic E-state index is 11.8. The minimum absolute atomic E-state index is 0.0771. The highest BCUT2D eigenvalue weighted by Crippen LogP contribution is 2.19. The number of hydrogen-bond donors (Lipinski definition) is 1. The Hall–Kier alpha value is -1.71. The lowest BCUT2D eigenvalue weighted by Gasteiger charge is -2.15. The molecule has 1 N–H and O–H groups in total. The van der Waals surface area contributed by atoms with Crippen molar-refractivity contribution in [2.75, 3.05) is 13.2 Å². The summed E-state index contributed by atoms with van der Waals surface area (Å²) in [5.74, 6) is 1.43. The van der Waals surface area contributed by atoms with Crippen LogP contribution < -0.4 is 14.8 Å². The first-order chi connectivity index (χ1) is 10.2. The molecule has 1 rings (SSSR count). The van der Waals surface area contributed by atoms with Crippen molar-refractivity contribution >= 4 is 5.91 Å². The molecule has 1 aromatic carbocycles. The predicted molar refractivity (Wildman–Crippen MR) is 84.9 cm³/mol. The van der Waals surface area contributed by atoms with Gasteiger partial charge in [-0.25, -0.2) is 0 Å². The van der Waals surface area contributed by atoms with Crippen LogP contribution >= 0.6 is 0 Å². The number of rotatable bonds is 10. The molecule has 118 valence electrons. The van der Waals surface area contributed by atoms with E-state index in [4.69, 9.17) is 9.47 Å². The number of amides is 1. The van der Waals surface area contributed by atoms with Gasteiger partial charge >= 0.3 is 0 Å². The molecule has 0 radical (unpaired) electrons. The fraction of sp³-hybridized carbons (Fsp3) is 0.588. The van der Waals surface area contributed by atoms with Crippen LogP contribution in [0.2, 0.25) is 0 Å². The number of hydrogen-bond acceptors (Lipinski definition) is 3. The molecule has 4 heteroatoms. The van der Waals surface area contributed by atoms with Gasteiger partial charge in [0.25, 0.3) is 5.91 Å². The minimum Gasteiger partial charge on any atom is -0.494 e. The van der Waals surface area contributed by atoms with Crippen molar-refractivity contribution in [3.8, 4) is 11.5 Å². The Morgan fingerprint density at radius 2 is 1.71 bits per heavy atom. The maximum Gasteiger partial charge on any atom is 0.260 e. The lowest BCUT2D eigenvalue weighted by Crippen LogP contribution is -2.36. The van der Waals surface area contributed by atoms with E-state index in [1.165, 1.54) is 0 Å². The zero-order valence-electron chi connectivity index (χ0n) is 13.4. The Morgan fingerprint density at radius 1 is 1.10 bits per heavy atom. The number of ether oxygens (including phenoxy) is 2. The van der Waals surface area contributed by atoms with Crippen molar-refractivity contribution in [3.05, 3.63) is 24.3 Å². The highest BCUT2D eigenvalue weighted by Gasteiger charge is 2.13. The first-order valence-electron chi connectivity index (χ1n) is 7.84. The lowest BCUT2D eigenvalue weighted by molar-refractivity contribution is -0.127. The van der Waals surface area contributed by atoms with Crippen LogP contribution in [0.3, 0.4) is 0 Å². The Labute approximate surface area is 127 Å². The summed E-state index contributed by atoms with van der Waals surface area (Å²) in [6, 6.07) is 7.40. The standard InChI is InChI=1S/C17H27NO3/c1-4-6-12-18-17(19)14(3)21-16-10-8-15(9-11-16)20-13-7-5-2/h8-11,14H,4-7,12-13H2,1-3H3,(H,18,19). The lowest BCUT2D eigenvalue weighted by atomic mass is 10.3. The normalized spacial score (nSPS) is 11.8. The van der Waals surface area contributed by atoms with E-state index in [2.05, 4.69) is 19.2 Å². The van der Waals surface area contributed by atoms with E-state index in [1.807, 2.05) is 24.3 Å². The molecular weight excluding hydrogens is 266 g/mol. The summed E-state index contributed by atoms with van der Waals surface area (Å²) in [6.07, 6.45) is 3.73. The number of unbranched alkanes of at least 4 members (excludes halogenated alkanes) is 2. The van der Waals surface area contributed by atoms with E-state index in [1.54, 1.807) is 6.92 Å². The number of benzene rings is 1. The van der Waals surface area contributed by atoms with E-state index in [0.29, 0.717) is 12.3 Å². The topological polar surface area (TPSA) is 47.6 Å². The van der Waals surface area contributed by atoms with E-state index in [9.17, 15) is 4.79 Å². The van der Waals surface area contributed by atoms with Crippen LogP contribution in [-0.4, -0.2) is 25.2 Å². The van der Waals surface area contributed by atoms with Gasteiger partial charge in [0.2, 0.25) is 0 Å². The van der Waals surface area contributed by atoms with Crippen LogP contribution in [-0.2, 0) is 4.79 Å². The van der Waals surface area contributed by atoms with Crippen molar-refractivity contribution in [2.45, 2.75) is 52.6 Å². The molecule has 1 amide bonds. The largest absolute Gasteiger partial charge is 0.494 e. The Morgan fingerprint density at radius 3 is 2.33 bits per heavy atom. The van der Waals surface area contributed by atoms with Gasteiger partial charge in [-0.3, -0.25) is 4.79 Å². The third-order valence-corrected chi connectivity index (χ3v) is 3.10. The molecule has 0 aromatic heterocycles. The molecule has 0 bridgehead atoms. The number of carbonyl (C=O) groups is 1. The maximum atomic E-state index is 11.8. The van der Waals surface area contributed by atoms with Gasteiger partial charge in [0.1, 0.15) is 11.5 Å². The molecule has 0 spiro atoms. The van der Waals surface area contributed by atoms with E-state index < -0.39 is 6.10 Å². The SMILES string of the molecule is CCCCNC(=O)C(C)Oc1ccc(OCCCC)cc1. The van der Waals surface area contributed by atoms with Crippen LogP contribution in [0.25, 0.3) is 0 Å². The predicted octanol–water partition coefficient (Wildman–Crippen LogP) is 3.55. The van der Waals surface area contributed by atoms with Crippen LogP contribution in [0.15, 0.2) is 24.3 Å². The summed E-state index contributed by atoms with van der Waals surface area (Å²) >= 11 is 0. The van der Waals surface area contributed by atoms with E-state index in [-0.39, 0.29) is 5.91 Å². The first kappa shape index (κ1) is 17.3. The molecule has 0 fully saturated rings. The molecule has 21 heavy (non-hydrogen) atoms. The minimum atomic E-state index is -0.492. The second kappa shape index (κ2) is 10.1. The molecule has 0 saturated heterocycles. The van der Waals surface area contributed by atoms with Crippen molar-refractivity contribution in [1.29, 1.82) is 0 Å². The van der Waals surface area contributed by atoms with Gasteiger partial charge in [-0.1, -0.05) is 26.7 Å². The molecule has 0 aliphatic heterocycles. The van der Waals surface area contributed by atoms with E-state index >= 15 is 0 Å². The van der Waals surface area contributed by atoms with Gasteiger partial charge in [-0.2, -0.15) is 0 Å². The van der Waals surface area contributed by atoms with Crippen LogP contribution in [0.4, 0.5) is 0 Å². The third-order valence-electron chi connectivity index (χ3n) is 3.10. The molecule has 1 atom stereocenters. The highest BCUT2D eigenvalue weighted by atomic mass is 16.5. The second-order valence-corrected chi connectivity index (χ2v) is 5.08. The zero-order chi connectivity index (χ0) is 15.5. The summed E-state index contributed by atoms with van der Waals surface area (Å²) in [6.45, 7) is 7.41. The molecule has 4 nitrogen and oxygen atoms in total. The molecule has 1 aromatic rings.